The van der Waals surface area contributed by atoms with Crippen molar-refractivity contribution in [2.24, 2.45) is 0 Å². The predicted octanol–water partition coefficient (Wildman–Crippen LogP) is 4.02. The van der Waals surface area contributed by atoms with Gasteiger partial charge in [0.1, 0.15) is 11.4 Å². The van der Waals surface area contributed by atoms with E-state index < -0.39 is 29.2 Å². The van der Waals surface area contributed by atoms with Crippen molar-refractivity contribution in [3.05, 3.63) is 51.8 Å². The standard InChI is InChI=1S/C13H9BrF4N2O/c1-21-8-3-2-6(4-7(8)14)5-19-11-9(15)12(17)20-13(18)10(11)16/h2-4H,5H2,1H3,(H,19,20). The molecule has 2 rings (SSSR count). The molecule has 1 aromatic heterocycles. The van der Waals surface area contributed by atoms with Crippen molar-refractivity contribution in [3.63, 3.8) is 0 Å². The van der Waals surface area contributed by atoms with E-state index in [0.29, 0.717) is 15.8 Å². The average molecular weight is 365 g/mol. The Hall–Kier alpha value is -1.83. The molecule has 3 nitrogen and oxygen atoms in total. The van der Waals surface area contributed by atoms with Gasteiger partial charge in [0.2, 0.25) is 11.6 Å². The van der Waals surface area contributed by atoms with Gasteiger partial charge in [0.05, 0.1) is 11.6 Å². The number of hydrogen-bond acceptors (Lipinski definition) is 3. The topological polar surface area (TPSA) is 34.1 Å². The lowest BCUT2D eigenvalue weighted by atomic mass is 10.2. The number of halogens is 5. The third-order valence-corrected chi connectivity index (χ3v) is 3.30. The number of ether oxygens (including phenoxy) is 1. The number of aromatic nitrogens is 1. The Morgan fingerprint density at radius 2 is 1.76 bits per heavy atom. The van der Waals surface area contributed by atoms with Crippen LogP contribution in [0.2, 0.25) is 0 Å². The maximum absolute atomic E-state index is 13.4. The van der Waals surface area contributed by atoms with Gasteiger partial charge in [-0.1, -0.05) is 6.07 Å². The molecule has 2 aromatic rings. The van der Waals surface area contributed by atoms with Gasteiger partial charge in [-0.15, -0.1) is 0 Å². The Labute approximate surface area is 126 Å². The van der Waals surface area contributed by atoms with Gasteiger partial charge in [-0.05, 0) is 33.6 Å². The lowest BCUT2D eigenvalue weighted by molar-refractivity contribution is 0.410. The Bertz CT molecular complexity index is 655. The molecular formula is C13H9BrF4N2O. The molecule has 0 aliphatic rings. The lowest BCUT2D eigenvalue weighted by Crippen LogP contribution is -2.09. The first-order valence-electron chi connectivity index (χ1n) is 5.70. The van der Waals surface area contributed by atoms with Crippen LogP contribution in [0.15, 0.2) is 22.7 Å². The Balaban J connectivity index is 2.22. The van der Waals surface area contributed by atoms with Crippen molar-refractivity contribution >= 4 is 21.6 Å². The molecule has 0 aliphatic carbocycles. The SMILES string of the molecule is COc1ccc(CNc2c(F)c(F)nc(F)c2F)cc1Br. The van der Waals surface area contributed by atoms with Crippen LogP contribution in [-0.2, 0) is 6.54 Å². The van der Waals surface area contributed by atoms with Crippen molar-refractivity contribution in [3.8, 4) is 5.75 Å². The zero-order valence-electron chi connectivity index (χ0n) is 10.7. The maximum atomic E-state index is 13.4. The first-order valence-corrected chi connectivity index (χ1v) is 6.49. The number of hydrogen-bond donors (Lipinski definition) is 1. The second kappa shape index (κ2) is 6.30. The Morgan fingerprint density at radius 3 is 2.29 bits per heavy atom. The Morgan fingerprint density at radius 1 is 1.14 bits per heavy atom. The van der Waals surface area contributed by atoms with Gasteiger partial charge in [-0.2, -0.15) is 22.5 Å². The minimum atomic E-state index is -1.70. The number of methoxy groups -OCH3 is 1. The summed E-state index contributed by atoms with van der Waals surface area (Å²) in [6, 6.07) is 4.93. The fourth-order valence-corrected chi connectivity index (χ4v) is 2.24. The highest BCUT2D eigenvalue weighted by Crippen LogP contribution is 2.27. The highest BCUT2D eigenvalue weighted by atomic mass is 79.9. The van der Waals surface area contributed by atoms with E-state index in [4.69, 9.17) is 4.74 Å². The van der Waals surface area contributed by atoms with Crippen LogP contribution < -0.4 is 10.1 Å². The van der Waals surface area contributed by atoms with Crippen LogP contribution in [0.1, 0.15) is 5.56 Å². The number of rotatable bonds is 4. The zero-order chi connectivity index (χ0) is 15.6. The normalized spacial score (nSPS) is 10.6. The van der Waals surface area contributed by atoms with Crippen LogP contribution in [0.3, 0.4) is 0 Å². The smallest absolute Gasteiger partial charge is 0.253 e. The van der Waals surface area contributed by atoms with Crippen LogP contribution in [0.4, 0.5) is 23.2 Å². The second-order valence-corrected chi connectivity index (χ2v) is 4.87. The molecule has 0 saturated heterocycles. The molecule has 0 radical (unpaired) electrons. The van der Waals surface area contributed by atoms with Crippen molar-refractivity contribution in [2.45, 2.75) is 6.54 Å². The van der Waals surface area contributed by atoms with E-state index in [2.05, 4.69) is 26.2 Å². The summed E-state index contributed by atoms with van der Waals surface area (Å²) in [6.45, 7) is -0.0423. The summed E-state index contributed by atoms with van der Waals surface area (Å²) in [5.74, 6) is -5.96. The van der Waals surface area contributed by atoms with E-state index >= 15 is 0 Å². The number of benzene rings is 1. The lowest BCUT2D eigenvalue weighted by Gasteiger charge is -2.10. The number of anilines is 1. The maximum Gasteiger partial charge on any atom is 0.253 e. The highest BCUT2D eigenvalue weighted by molar-refractivity contribution is 9.10. The van der Waals surface area contributed by atoms with Crippen LogP contribution >= 0.6 is 15.9 Å². The van der Waals surface area contributed by atoms with Gasteiger partial charge in [-0.25, -0.2) is 0 Å². The summed E-state index contributed by atoms with van der Waals surface area (Å²) in [5, 5.41) is 2.31. The van der Waals surface area contributed by atoms with E-state index in [1.165, 1.54) is 7.11 Å². The molecule has 0 fully saturated rings. The molecule has 1 heterocycles. The molecule has 0 amide bonds. The van der Waals surface area contributed by atoms with Gasteiger partial charge in [0.15, 0.2) is 0 Å². The highest BCUT2D eigenvalue weighted by Gasteiger charge is 2.20. The molecule has 1 N–H and O–H groups in total. The summed E-state index contributed by atoms with van der Waals surface area (Å²) in [6.07, 6.45) is 0. The zero-order valence-corrected chi connectivity index (χ0v) is 12.3. The summed E-state index contributed by atoms with van der Waals surface area (Å²) >= 11 is 3.25. The second-order valence-electron chi connectivity index (χ2n) is 4.02. The average Bonchev–Trinajstić information content (AvgIpc) is 2.45. The molecule has 0 unspecified atom stereocenters. The van der Waals surface area contributed by atoms with Gasteiger partial charge < -0.3 is 10.1 Å². The summed E-state index contributed by atoms with van der Waals surface area (Å²) in [4.78, 5) is 2.48. The molecule has 112 valence electrons. The predicted molar refractivity (Wildman–Crippen MR) is 72.1 cm³/mol. The monoisotopic (exact) mass is 364 g/mol. The first-order chi connectivity index (χ1) is 9.93. The number of nitrogens with zero attached hydrogens (tertiary/aromatic N) is 1. The van der Waals surface area contributed by atoms with Crippen molar-refractivity contribution in [2.75, 3.05) is 12.4 Å². The van der Waals surface area contributed by atoms with E-state index in [1.807, 2.05) is 0 Å². The molecular weight excluding hydrogens is 356 g/mol. The summed E-state index contributed by atoms with van der Waals surface area (Å²) < 4.78 is 58.4. The number of nitrogens with one attached hydrogen (secondary N) is 1. The number of pyridine rings is 1. The van der Waals surface area contributed by atoms with E-state index in [1.54, 1.807) is 18.2 Å². The van der Waals surface area contributed by atoms with E-state index in [9.17, 15) is 17.6 Å². The van der Waals surface area contributed by atoms with Crippen molar-refractivity contribution in [1.82, 2.24) is 4.98 Å². The van der Waals surface area contributed by atoms with E-state index in [-0.39, 0.29) is 6.54 Å². The molecule has 21 heavy (non-hydrogen) atoms. The first kappa shape index (κ1) is 15.6. The summed E-state index contributed by atoms with van der Waals surface area (Å²) in [7, 11) is 1.49. The molecule has 0 saturated carbocycles. The molecule has 0 aliphatic heterocycles. The largest absolute Gasteiger partial charge is 0.496 e. The van der Waals surface area contributed by atoms with Crippen LogP contribution in [0, 0.1) is 23.5 Å². The molecule has 0 spiro atoms. The van der Waals surface area contributed by atoms with Gasteiger partial charge in [-0.3, -0.25) is 0 Å². The van der Waals surface area contributed by atoms with E-state index in [0.717, 1.165) is 0 Å². The quantitative estimate of drug-likeness (QED) is 0.657. The minimum absolute atomic E-state index is 0.0423. The van der Waals surface area contributed by atoms with Gasteiger partial charge in [0, 0.05) is 6.54 Å². The minimum Gasteiger partial charge on any atom is -0.496 e. The van der Waals surface area contributed by atoms with Gasteiger partial charge >= 0.3 is 0 Å². The van der Waals surface area contributed by atoms with Crippen molar-refractivity contribution < 1.29 is 22.3 Å². The molecule has 1 aromatic carbocycles. The third-order valence-electron chi connectivity index (χ3n) is 2.68. The van der Waals surface area contributed by atoms with Gasteiger partial charge in [0.25, 0.3) is 11.9 Å². The van der Waals surface area contributed by atoms with Crippen LogP contribution in [0.25, 0.3) is 0 Å². The fraction of sp³-hybridized carbons (Fsp3) is 0.154. The third kappa shape index (κ3) is 3.26. The fourth-order valence-electron chi connectivity index (χ4n) is 1.65. The molecule has 8 heteroatoms. The van der Waals surface area contributed by atoms with Crippen molar-refractivity contribution in [1.29, 1.82) is 0 Å². The van der Waals surface area contributed by atoms with Crippen LogP contribution in [0.5, 0.6) is 5.75 Å². The molecule has 0 atom stereocenters. The van der Waals surface area contributed by atoms with Crippen LogP contribution in [-0.4, -0.2) is 12.1 Å². The molecule has 0 bridgehead atoms. The summed E-state index contributed by atoms with van der Waals surface area (Å²) in [5.41, 5.74) is -0.272. The Kier molecular flexibility index (Phi) is 4.66.